The molecule has 0 atom stereocenters. The largest absolute Gasteiger partial charge is 0.393 e. The van der Waals surface area contributed by atoms with Crippen LogP contribution in [0.5, 0.6) is 0 Å². The number of aliphatic hydroxyl groups excluding tert-OH is 1. The molecule has 0 saturated carbocycles. The van der Waals surface area contributed by atoms with Crippen LogP contribution in [0.25, 0.3) is 5.65 Å². The Morgan fingerprint density at radius 3 is 2.65 bits per heavy atom. The first-order valence-corrected chi connectivity index (χ1v) is 9.22. The monoisotopic (exact) mass is 374 g/mol. The minimum absolute atomic E-state index is 0.177. The van der Waals surface area contributed by atoms with Gasteiger partial charge in [-0.3, -0.25) is 0 Å². The van der Waals surface area contributed by atoms with Crippen LogP contribution < -0.4 is 10.2 Å². The number of hydrogen-bond donors (Lipinski definition) is 2. The van der Waals surface area contributed by atoms with Crippen LogP contribution in [0.1, 0.15) is 26.7 Å². The summed E-state index contributed by atoms with van der Waals surface area (Å²) >= 11 is 6.11. The third kappa shape index (κ3) is 4.05. The summed E-state index contributed by atoms with van der Waals surface area (Å²) in [4.78, 5) is 10.9. The molecule has 1 aliphatic rings. The fourth-order valence-corrected chi connectivity index (χ4v) is 3.10. The molecule has 4 rings (SSSR count). The van der Waals surface area contributed by atoms with E-state index in [2.05, 4.69) is 25.3 Å². The number of aliphatic hydroxyl groups is 1. The van der Waals surface area contributed by atoms with Gasteiger partial charge < -0.3 is 15.3 Å². The summed E-state index contributed by atoms with van der Waals surface area (Å²) in [7, 11) is 0. The van der Waals surface area contributed by atoms with Gasteiger partial charge in [0, 0.05) is 19.3 Å². The zero-order chi connectivity index (χ0) is 18.5. The number of anilines is 3. The van der Waals surface area contributed by atoms with Gasteiger partial charge in [0.25, 0.3) is 0 Å². The van der Waals surface area contributed by atoms with Crippen molar-refractivity contribution in [2.45, 2.75) is 32.8 Å². The Labute approximate surface area is 157 Å². The SMILES string of the molecule is CC.OC1CCN(c2ccc(Nc3cc(Cl)cn4ncnc34)nc2)CC1. The maximum Gasteiger partial charge on any atom is 0.178 e. The minimum Gasteiger partial charge on any atom is -0.393 e. The molecule has 3 aromatic heterocycles. The first kappa shape index (κ1) is 18.4. The number of pyridine rings is 2. The van der Waals surface area contributed by atoms with E-state index in [1.54, 1.807) is 16.8 Å². The van der Waals surface area contributed by atoms with Gasteiger partial charge in [0.1, 0.15) is 12.1 Å². The van der Waals surface area contributed by atoms with Crippen molar-refractivity contribution in [3.8, 4) is 0 Å². The number of aromatic nitrogens is 4. The summed E-state index contributed by atoms with van der Waals surface area (Å²) in [6.07, 6.45) is 6.45. The molecule has 26 heavy (non-hydrogen) atoms. The third-order valence-electron chi connectivity index (χ3n) is 4.18. The number of nitrogens with zero attached hydrogens (tertiary/aromatic N) is 5. The van der Waals surface area contributed by atoms with Crippen molar-refractivity contribution < 1.29 is 5.11 Å². The topological polar surface area (TPSA) is 78.6 Å². The molecule has 4 heterocycles. The van der Waals surface area contributed by atoms with Gasteiger partial charge in [0.05, 0.1) is 28.7 Å². The lowest BCUT2D eigenvalue weighted by Crippen LogP contribution is -2.35. The second-order valence-electron chi connectivity index (χ2n) is 5.85. The van der Waals surface area contributed by atoms with Crippen molar-refractivity contribution in [3.63, 3.8) is 0 Å². The van der Waals surface area contributed by atoms with E-state index >= 15 is 0 Å². The molecular weight excluding hydrogens is 352 g/mol. The van der Waals surface area contributed by atoms with Crippen LogP contribution in [0.3, 0.4) is 0 Å². The van der Waals surface area contributed by atoms with Gasteiger partial charge in [-0.2, -0.15) is 5.10 Å². The summed E-state index contributed by atoms with van der Waals surface area (Å²) in [6.45, 7) is 5.70. The number of halogens is 1. The summed E-state index contributed by atoms with van der Waals surface area (Å²) in [5.41, 5.74) is 2.50. The van der Waals surface area contributed by atoms with Gasteiger partial charge in [-0.1, -0.05) is 25.4 Å². The molecule has 3 aromatic rings. The molecule has 138 valence electrons. The number of fused-ring (bicyclic) bond motifs is 1. The van der Waals surface area contributed by atoms with E-state index in [-0.39, 0.29) is 6.10 Å². The highest BCUT2D eigenvalue weighted by Crippen LogP contribution is 2.25. The molecule has 0 aromatic carbocycles. The zero-order valence-electron chi connectivity index (χ0n) is 14.9. The Kier molecular flexibility index (Phi) is 5.90. The Bertz CT molecular complexity index is 843. The van der Waals surface area contributed by atoms with Crippen molar-refractivity contribution in [3.05, 3.63) is 41.9 Å². The maximum absolute atomic E-state index is 9.60. The van der Waals surface area contributed by atoms with Gasteiger partial charge in [-0.25, -0.2) is 14.5 Å². The van der Waals surface area contributed by atoms with E-state index in [4.69, 9.17) is 11.6 Å². The summed E-state index contributed by atoms with van der Waals surface area (Å²) < 4.78 is 1.62. The first-order chi connectivity index (χ1) is 12.7. The molecule has 1 aliphatic heterocycles. The van der Waals surface area contributed by atoms with Gasteiger partial charge >= 0.3 is 0 Å². The Hall–Kier alpha value is -2.38. The number of nitrogens with one attached hydrogen (secondary N) is 1. The average Bonchev–Trinajstić information content (AvgIpc) is 3.13. The van der Waals surface area contributed by atoms with Crippen LogP contribution in [0.4, 0.5) is 17.2 Å². The predicted molar refractivity (Wildman–Crippen MR) is 104 cm³/mol. The van der Waals surface area contributed by atoms with E-state index in [0.29, 0.717) is 16.5 Å². The highest BCUT2D eigenvalue weighted by Gasteiger charge is 2.17. The minimum atomic E-state index is -0.177. The molecule has 0 aliphatic carbocycles. The van der Waals surface area contributed by atoms with Crippen LogP contribution in [0, 0.1) is 0 Å². The predicted octanol–water partition coefficient (Wildman–Crippen LogP) is 3.51. The Balaban J connectivity index is 0.000000948. The quantitative estimate of drug-likeness (QED) is 0.730. The number of hydrogen-bond acceptors (Lipinski definition) is 6. The molecule has 0 radical (unpaired) electrons. The molecule has 1 fully saturated rings. The third-order valence-corrected chi connectivity index (χ3v) is 4.39. The molecule has 0 amide bonds. The lowest BCUT2D eigenvalue weighted by molar-refractivity contribution is 0.145. The van der Waals surface area contributed by atoms with Crippen molar-refractivity contribution in [2.75, 3.05) is 23.3 Å². The first-order valence-electron chi connectivity index (χ1n) is 8.84. The molecular formula is C18H23ClN6O. The number of piperidine rings is 1. The normalized spacial score (nSPS) is 14.8. The second kappa shape index (κ2) is 8.33. The van der Waals surface area contributed by atoms with Crippen LogP contribution in [-0.4, -0.2) is 43.9 Å². The van der Waals surface area contributed by atoms with Crippen LogP contribution in [-0.2, 0) is 0 Å². The van der Waals surface area contributed by atoms with Crippen LogP contribution >= 0.6 is 11.6 Å². The highest BCUT2D eigenvalue weighted by atomic mass is 35.5. The Morgan fingerprint density at radius 1 is 1.19 bits per heavy atom. The van der Waals surface area contributed by atoms with E-state index < -0.39 is 0 Å². The van der Waals surface area contributed by atoms with E-state index in [1.807, 2.05) is 32.2 Å². The molecule has 1 saturated heterocycles. The molecule has 2 N–H and O–H groups in total. The fourth-order valence-electron chi connectivity index (χ4n) is 2.90. The van der Waals surface area contributed by atoms with Crippen molar-refractivity contribution in [1.82, 2.24) is 19.6 Å². The summed E-state index contributed by atoms with van der Waals surface area (Å²) in [5.74, 6) is 0.711. The average molecular weight is 375 g/mol. The van der Waals surface area contributed by atoms with E-state index in [9.17, 15) is 5.11 Å². The smallest absolute Gasteiger partial charge is 0.178 e. The van der Waals surface area contributed by atoms with Gasteiger partial charge in [-0.15, -0.1) is 0 Å². The summed E-state index contributed by atoms with van der Waals surface area (Å²) in [6, 6.07) is 5.75. The van der Waals surface area contributed by atoms with Gasteiger partial charge in [0.2, 0.25) is 0 Å². The van der Waals surface area contributed by atoms with E-state index in [0.717, 1.165) is 37.3 Å². The molecule has 8 heteroatoms. The van der Waals surface area contributed by atoms with Crippen molar-refractivity contribution in [2.24, 2.45) is 0 Å². The molecule has 0 unspecified atom stereocenters. The van der Waals surface area contributed by atoms with Crippen molar-refractivity contribution >= 4 is 34.4 Å². The van der Waals surface area contributed by atoms with Gasteiger partial charge in [-0.05, 0) is 31.0 Å². The number of rotatable bonds is 3. The lowest BCUT2D eigenvalue weighted by Gasteiger charge is -2.31. The zero-order valence-corrected chi connectivity index (χ0v) is 15.7. The molecule has 0 bridgehead atoms. The highest BCUT2D eigenvalue weighted by molar-refractivity contribution is 6.30. The van der Waals surface area contributed by atoms with Gasteiger partial charge in [0.15, 0.2) is 5.65 Å². The standard InChI is InChI=1S/C16H17ClN6O.C2H6/c17-11-7-14(16-19-10-20-23(16)9-11)21-15-2-1-12(8-18-15)22-5-3-13(24)4-6-22;1-2/h1-2,7-10,13,24H,3-6H2,(H,18,21);1-2H3. The summed E-state index contributed by atoms with van der Waals surface area (Å²) in [5, 5.41) is 17.5. The van der Waals surface area contributed by atoms with Crippen LogP contribution in [0.2, 0.25) is 5.02 Å². The Morgan fingerprint density at radius 2 is 1.96 bits per heavy atom. The second-order valence-corrected chi connectivity index (χ2v) is 6.28. The maximum atomic E-state index is 9.60. The van der Waals surface area contributed by atoms with Crippen molar-refractivity contribution in [1.29, 1.82) is 0 Å². The van der Waals surface area contributed by atoms with Crippen LogP contribution in [0.15, 0.2) is 36.9 Å². The molecule has 7 nitrogen and oxygen atoms in total. The fraction of sp³-hybridized carbons (Fsp3) is 0.389. The van der Waals surface area contributed by atoms with E-state index in [1.165, 1.54) is 6.33 Å². The lowest BCUT2D eigenvalue weighted by atomic mass is 10.1. The molecule has 0 spiro atoms.